The lowest BCUT2D eigenvalue weighted by Crippen LogP contribution is -2.51. The van der Waals surface area contributed by atoms with Crippen LogP contribution in [0, 0.1) is 5.41 Å². The maximum atomic E-state index is 12.9. The van der Waals surface area contributed by atoms with Crippen molar-refractivity contribution in [2.45, 2.75) is 44.8 Å². The molecule has 9 heteroatoms. The van der Waals surface area contributed by atoms with E-state index in [4.69, 9.17) is 4.74 Å². The van der Waals surface area contributed by atoms with E-state index >= 15 is 0 Å². The number of amides is 1. The fraction of sp³-hybridized carbons (Fsp3) is 0.478. The molecule has 6 nitrogen and oxygen atoms in total. The van der Waals surface area contributed by atoms with Crippen LogP contribution in [0.15, 0.2) is 24.3 Å². The topological polar surface area (TPSA) is 63.6 Å². The van der Waals surface area contributed by atoms with Gasteiger partial charge in [0.1, 0.15) is 5.70 Å². The van der Waals surface area contributed by atoms with E-state index in [-0.39, 0.29) is 17.1 Å². The van der Waals surface area contributed by atoms with Gasteiger partial charge in [-0.2, -0.15) is 13.2 Å². The predicted octanol–water partition coefficient (Wildman–Crippen LogP) is 4.26. The standard InChI is InChI=1S/C23H24F3N3O3/c1-3-22-8-4-9-28-10-7-15-14-6-5-13(27-21(31)23(24,25)26)11-16(14)29(18(15)19(22)28)17(12-22)20(30)32-2/h5-6,11-12,19H,3-4,7-10H2,1-2H3,(H,27,31)/t19-,22+/m1/s1. The van der Waals surface area contributed by atoms with Crippen LogP contribution in [0.5, 0.6) is 0 Å². The molecule has 2 aromatic rings. The molecule has 32 heavy (non-hydrogen) atoms. The summed E-state index contributed by atoms with van der Waals surface area (Å²) in [5, 5.41) is 2.81. The van der Waals surface area contributed by atoms with Gasteiger partial charge in [0.15, 0.2) is 0 Å². The van der Waals surface area contributed by atoms with Gasteiger partial charge in [0.2, 0.25) is 0 Å². The third-order valence-electron chi connectivity index (χ3n) is 7.25. The Kier molecular flexibility index (Phi) is 4.67. The smallest absolute Gasteiger partial charge is 0.464 e. The van der Waals surface area contributed by atoms with Gasteiger partial charge in [-0.3, -0.25) is 9.69 Å². The predicted molar refractivity (Wildman–Crippen MR) is 113 cm³/mol. The Morgan fingerprint density at radius 1 is 1.28 bits per heavy atom. The van der Waals surface area contributed by atoms with Crippen molar-refractivity contribution in [1.29, 1.82) is 0 Å². The number of piperidine rings is 1. The summed E-state index contributed by atoms with van der Waals surface area (Å²) in [5.41, 5.74) is 2.96. The highest BCUT2D eigenvalue weighted by atomic mass is 19.4. The van der Waals surface area contributed by atoms with Crippen LogP contribution >= 0.6 is 0 Å². The summed E-state index contributed by atoms with van der Waals surface area (Å²) in [6.07, 6.45) is 0.679. The number of hydrogen-bond donors (Lipinski definition) is 1. The molecule has 4 heterocycles. The van der Waals surface area contributed by atoms with Crippen molar-refractivity contribution in [2.24, 2.45) is 5.41 Å². The number of aromatic nitrogens is 1. The minimum atomic E-state index is -4.98. The second-order valence-electron chi connectivity index (χ2n) is 8.78. The summed E-state index contributed by atoms with van der Waals surface area (Å²) < 4.78 is 45.3. The van der Waals surface area contributed by atoms with E-state index in [0.717, 1.165) is 55.4 Å². The Morgan fingerprint density at radius 2 is 2.06 bits per heavy atom. The minimum Gasteiger partial charge on any atom is -0.464 e. The van der Waals surface area contributed by atoms with Gasteiger partial charge >= 0.3 is 18.1 Å². The quantitative estimate of drug-likeness (QED) is 0.715. The highest BCUT2D eigenvalue weighted by molar-refractivity contribution is 6.13. The molecule has 3 aliphatic rings. The van der Waals surface area contributed by atoms with E-state index in [1.807, 2.05) is 16.0 Å². The van der Waals surface area contributed by atoms with E-state index in [1.165, 1.54) is 19.2 Å². The fourth-order valence-corrected chi connectivity index (χ4v) is 5.86. The van der Waals surface area contributed by atoms with Gasteiger partial charge in [-0.25, -0.2) is 4.79 Å². The monoisotopic (exact) mass is 447 g/mol. The minimum absolute atomic E-state index is 0.0305. The van der Waals surface area contributed by atoms with E-state index < -0.39 is 18.1 Å². The number of halogens is 3. The second kappa shape index (κ2) is 7.10. The summed E-state index contributed by atoms with van der Waals surface area (Å²) in [7, 11) is 1.33. The summed E-state index contributed by atoms with van der Waals surface area (Å²) in [5.74, 6) is -2.51. The molecular weight excluding hydrogens is 423 g/mol. The summed E-state index contributed by atoms with van der Waals surface area (Å²) in [6, 6.07) is 4.83. The van der Waals surface area contributed by atoms with Gasteiger partial charge in [0.25, 0.3) is 0 Å². The Bertz CT molecular complexity index is 1170. The number of benzene rings is 1. The Labute approximate surface area is 183 Å². The first-order chi connectivity index (χ1) is 15.2. The van der Waals surface area contributed by atoms with E-state index in [1.54, 1.807) is 6.07 Å². The second-order valence-corrected chi connectivity index (χ2v) is 8.78. The molecule has 1 aromatic heterocycles. The largest absolute Gasteiger partial charge is 0.471 e. The van der Waals surface area contributed by atoms with E-state index in [2.05, 4.69) is 11.8 Å². The Morgan fingerprint density at radius 3 is 2.75 bits per heavy atom. The first kappa shape index (κ1) is 21.1. The third kappa shape index (κ3) is 2.90. The zero-order chi connectivity index (χ0) is 22.8. The molecule has 1 N–H and O–H groups in total. The SMILES string of the molecule is CC[C@@]12C=C(C(=O)OC)n3c4c(c5ccc(NC(=O)C(F)(F)F)cc53)CCN(CCC1)[C@H]42. The third-order valence-corrected chi connectivity index (χ3v) is 7.25. The van der Waals surface area contributed by atoms with Crippen molar-refractivity contribution in [3.05, 3.63) is 35.5 Å². The number of esters is 1. The van der Waals surface area contributed by atoms with Crippen molar-refractivity contribution in [3.63, 3.8) is 0 Å². The van der Waals surface area contributed by atoms with Crippen molar-refractivity contribution in [1.82, 2.24) is 9.47 Å². The average molecular weight is 447 g/mol. The zero-order valence-electron chi connectivity index (χ0n) is 17.9. The maximum Gasteiger partial charge on any atom is 0.471 e. The van der Waals surface area contributed by atoms with Gasteiger partial charge in [0, 0.05) is 28.7 Å². The molecule has 0 saturated carbocycles. The highest BCUT2D eigenvalue weighted by Crippen LogP contribution is 2.57. The Balaban J connectivity index is 1.75. The van der Waals surface area contributed by atoms with Crippen LogP contribution in [0.2, 0.25) is 0 Å². The molecule has 1 saturated heterocycles. The van der Waals surface area contributed by atoms with Gasteiger partial charge in [0.05, 0.1) is 18.7 Å². The molecular formula is C23H24F3N3O3. The van der Waals surface area contributed by atoms with Crippen LogP contribution < -0.4 is 5.32 Å². The molecule has 3 aliphatic heterocycles. The number of fused-ring (bicyclic) bond motifs is 3. The number of carbonyl (C=O) groups excluding carboxylic acids is 2. The molecule has 0 radical (unpaired) electrons. The molecule has 2 atom stereocenters. The molecule has 0 bridgehead atoms. The van der Waals surface area contributed by atoms with E-state index in [9.17, 15) is 22.8 Å². The zero-order valence-corrected chi connectivity index (χ0v) is 17.9. The lowest BCUT2D eigenvalue weighted by Gasteiger charge is -2.53. The molecule has 0 spiro atoms. The number of methoxy groups -OCH3 is 1. The van der Waals surface area contributed by atoms with Crippen LogP contribution in [-0.2, 0) is 20.7 Å². The molecule has 5 rings (SSSR count). The normalized spacial score (nSPS) is 24.7. The van der Waals surface area contributed by atoms with Crippen LogP contribution in [0.4, 0.5) is 18.9 Å². The molecule has 1 aromatic carbocycles. The number of ether oxygens (including phenoxy) is 1. The summed E-state index contributed by atoms with van der Waals surface area (Å²) in [4.78, 5) is 26.8. The number of nitrogens with zero attached hydrogens (tertiary/aromatic N) is 2. The molecule has 1 fully saturated rings. The van der Waals surface area contributed by atoms with Crippen molar-refractivity contribution in [2.75, 3.05) is 25.5 Å². The van der Waals surface area contributed by atoms with Crippen molar-refractivity contribution in [3.8, 4) is 0 Å². The summed E-state index contributed by atoms with van der Waals surface area (Å²) in [6.45, 7) is 4.00. The molecule has 1 amide bonds. The Hall–Kier alpha value is -2.81. The number of carbonyl (C=O) groups is 2. The van der Waals surface area contributed by atoms with Crippen molar-refractivity contribution >= 4 is 34.2 Å². The summed E-state index contributed by atoms with van der Waals surface area (Å²) >= 11 is 0. The fourth-order valence-electron chi connectivity index (χ4n) is 5.86. The van der Waals surface area contributed by atoms with Gasteiger partial charge < -0.3 is 14.6 Å². The maximum absolute atomic E-state index is 12.9. The van der Waals surface area contributed by atoms with Gasteiger partial charge in [-0.1, -0.05) is 13.0 Å². The molecule has 0 unspecified atom stereocenters. The van der Waals surface area contributed by atoms with Crippen LogP contribution in [-0.4, -0.2) is 47.7 Å². The lowest BCUT2D eigenvalue weighted by atomic mass is 9.66. The first-order valence-corrected chi connectivity index (χ1v) is 10.8. The highest BCUT2D eigenvalue weighted by Gasteiger charge is 2.51. The van der Waals surface area contributed by atoms with E-state index in [0.29, 0.717) is 11.2 Å². The average Bonchev–Trinajstić information content (AvgIpc) is 3.10. The van der Waals surface area contributed by atoms with Crippen molar-refractivity contribution < 1.29 is 27.5 Å². The number of anilines is 1. The number of alkyl halides is 3. The lowest BCUT2D eigenvalue weighted by molar-refractivity contribution is -0.167. The van der Waals surface area contributed by atoms with Crippen LogP contribution in [0.3, 0.4) is 0 Å². The molecule has 0 aliphatic carbocycles. The van der Waals surface area contributed by atoms with Crippen LogP contribution in [0.25, 0.3) is 16.6 Å². The number of nitrogens with one attached hydrogen (secondary N) is 1. The number of hydrogen-bond acceptors (Lipinski definition) is 4. The first-order valence-electron chi connectivity index (χ1n) is 10.8. The van der Waals surface area contributed by atoms with Gasteiger partial charge in [-0.05, 0) is 56.0 Å². The van der Waals surface area contributed by atoms with Gasteiger partial charge in [-0.15, -0.1) is 0 Å². The van der Waals surface area contributed by atoms with Crippen LogP contribution in [0.1, 0.15) is 43.5 Å². The molecule has 170 valence electrons. The number of rotatable bonds is 3.